The van der Waals surface area contributed by atoms with E-state index < -0.39 is 0 Å². The van der Waals surface area contributed by atoms with Crippen LogP contribution in [0.15, 0.2) is 42.5 Å². The van der Waals surface area contributed by atoms with Crippen LogP contribution in [0.2, 0.25) is 0 Å². The third-order valence-corrected chi connectivity index (χ3v) is 3.42. The van der Waals surface area contributed by atoms with Gasteiger partial charge in [0.15, 0.2) is 0 Å². The summed E-state index contributed by atoms with van der Waals surface area (Å²) in [5, 5.41) is 2.47. The van der Waals surface area contributed by atoms with E-state index in [4.69, 9.17) is 4.74 Å². The number of fused-ring (bicyclic) bond motifs is 1. The molecule has 1 radical (unpaired) electrons. The van der Waals surface area contributed by atoms with Crippen LogP contribution in [0.3, 0.4) is 0 Å². The Morgan fingerprint density at radius 2 is 1.53 bits per heavy atom. The van der Waals surface area contributed by atoms with Gasteiger partial charge in [0.1, 0.15) is 11.9 Å². The second kappa shape index (κ2) is 4.79. The maximum atomic E-state index is 6.09. The van der Waals surface area contributed by atoms with E-state index in [1.807, 2.05) is 0 Å². The van der Waals surface area contributed by atoms with Crippen molar-refractivity contribution >= 4 is 10.8 Å². The molecular formula is C16H17O. The van der Waals surface area contributed by atoms with Crippen molar-refractivity contribution in [2.75, 3.05) is 0 Å². The van der Waals surface area contributed by atoms with E-state index in [2.05, 4.69) is 42.5 Å². The van der Waals surface area contributed by atoms with E-state index >= 15 is 0 Å². The zero-order valence-electron chi connectivity index (χ0n) is 9.99. The monoisotopic (exact) mass is 225 g/mol. The van der Waals surface area contributed by atoms with Crippen LogP contribution in [0, 0.1) is 6.10 Å². The Bertz CT molecular complexity index is 492. The van der Waals surface area contributed by atoms with E-state index in [0.717, 1.165) is 18.6 Å². The Morgan fingerprint density at radius 1 is 0.765 bits per heavy atom. The minimum absolute atomic E-state index is 1.01. The maximum absolute atomic E-state index is 6.09. The van der Waals surface area contributed by atoms with Crippen molar-refractivity contribution in [3.63, 3.8) is 0 Å². The molecule has 0 amide bonds. The van der Waals surface area contributed by atoms with E-state index in [1.165, 1.54) is 36.1 Å². The standard InChI is InChI=1S/C16H17O/c1-2-9-14(10-3-1)17-16-12-6-8-13-7-4-5-11-15(13)16/h4-8,11-12H,1-3,9-10H2. The lowest BCUT2D eigenvalue weighted by Crippen LogP contribution is -2.10. The highest BCUT2D eigenvalue weighted by atomic mass is 16.5. The van der Waals surface area contributed by atoms with Crippen molar-refractivity contribution in [3.05, 3.63) is 48.6 Å². The summed E-state index contributed by atoms with van der Waals surface area (Å²) in [4.78, 5) is 0. The largest absolute Gasteiger partial charge is 0.482 e. The molecule has 0 aromatic heterocycles. The first kappa shape index (κ1) is 10.6. The fourth-order valence-electron chi connectivity index (χ4n) is 2.49. The van der Waals surface area contributed by atoms with Crippen molar-refractivity contribution in [3.8, 4) is 5.75 Å². The van der Waals surface area contributed by atoms with Gasteiger partial charge in [0.25, 0.3) is 0 Å². The molecule has 1 saturated carbocycles. The molecule has 1 aliphatic rings. The maximum Gasteiger partial charge on any atom is 0.148 e. The van der Waals surface area contributed by atoms with Gasteiger partial charge in [-0.05, 0) is 37.1 Å². The van der Waals surface area contributed by atoms with Gasteiger partial charge in [0, 0.05) is 5.39 Å². The van der Waals surface area contributed by atoms with Gasteiger partial charge < -0.3 is 4.74 Å². The summed E-state index contributed by atoms with van der Waals surface area (Å²) in [6.45, 7) is 0. The number of benzene rings is 2. The molecule has 1 nitrogen and oxygen atoms in total. The number of rotatable bonds is 2. The molecular weight excluding hydrogens is 208 g/mol. The SMILES string of the molecule is c1ccc2c(O[C]3CCCCC3)cccc2c1. The Labute approximate surface area is 102 Å². The van der Waals surface area contributed by atoms with Crippen LogP contribution in [0.4, 0.5) is 0 Å². The van der Waals surface area contributed by atoms with Gasteiger partial charge in [0.2, 0.25) is 0 Å². The smallest absolute Gasteiger partial charge is 0.148 e. The molecule has 0 unspecified atom stereocenters. The third-order valence-electron chi connectivity index (χ3n) is 3.42. The predicted molar refractivity (Wildman–Crippen MR) is 70.9 cm³/mol. The molecule has 0 N–H and O–H groups in total. The molecule has 0 aliphatic heterocycles. The predicted octanol–water partition coefficient (Wildman–Crippen LogP) is 4.71. The summed E-state index contributed by atoms with van der Waals surface area (Å²) >= 11 is 0. The van der Waals surface area contributed by atoms with Gasteiger partial charge >= 0.3 is 0 Å². The highest BCUT2D eigenvalue weighted by Gasteiger charge is 2.17. The molecule has 1 fully saturated rings. The summed E-state index contributed by atoms with van der Waals surface area (Å²) in [6.07, 6.45) is 7.42. The van der Waals surface area contributed by atoms with Crippen LogP contribution < -0.4 is 4.74 Å². The quantitative estimate of drug-likeness (QED) is 0.719. The van der Waals surface area contributed by atoms with Gasteiger partial charge in [-0.1, -0.05) is 42.8 Å². The number of hydrogen-bond acceptors (Lipinski definition) is 1. The highest BCUT2D eigenvalue weighted by molar-refractivity contribution is 5.88. The second-order valence-electron chi connectivity index (χ2n) is 4.68. The summed E-state index contributed by atoms with van der Waals surface area (Å²) < 4.78 is 6.09. The molecule has 0 atom stereocenters. The molecule has 0 bridgehead atoms. The van der Waals surface area contributed by atoms with E-state index in [9.17, 15) is 0 Å². The van der Waals surface area contributed by atoms with Crippen LogP contribution >= 0.6 is 0 Å². The van der Waals surface area contributed by atoms with Crippen LogP contribution in [0.25, 0.3) is 10.8 Å². The summed E-state index contributed by atoms with van der Waals surface area (Å²) in [6, 6.07) is 14.7. The first-order chi connectivity index (χ1) is 8.43. The van der Waals surface area contributed by atoms with Gasteiger partial charge in [-0.25, -0.2) is 0 Å². The van der Waals surface area contributed by atoms with Crippen LogP contribution in [0.1, 0.15) is 32.1 Å². The zero-order chi connectivity index (χ0) is 11.5. The van der Waals surface area contributed by atoms with Crippen LogP contribution in [-0.4, -0.2) is 0 Å². The number of ether oxygens (including phenoxy) is 1. The van der Waals surface area contributed by atoms with Gasteiger partial charge in [0.05, 0.1) is 0 Å². The Kier molecular flexibility index (Phi) is 3.00. The van der Waals surface area contributed by atoms with E-state index in [1.54, 1.807) is 0 Å². The lowest BCUT2D eigenvalue weighted by atomic mass is 9.97. The third kappa shape index (κ3) is 2.28. The lowest BCUT2D eigenvalue weighted by molar-refractivity contribution is 0.262. The first-order valence-electron chi connectivity index (χ1n) is 6.44. The molecule has 2 aromatic rings. The molecule has 3 rings (SSSR count). The second-order valence-corrected chi connectivity index (χ2v) is 4.68. The van der Waals surface area contributed by atoms with Gasteiger partial charge in [-0.15, -0.1) is 0 Å². The molecule has 0 heterocycles. The van der Waals surface area contributed by atoms with E-state index in [0.29, 0.717) is 0 Å². The fraction of sp³-hybridized carbons (Fsp3) is 0.312. The van der Waals surface area contributed by atoms with Crippen molar-refractivity contribution < 1.29 is 4.74 Å². The van der Waals surface area contributed by atoms with Crippen LogP contribution in [-0.2, 0) is 0 Å². The Morgan fingerprint density at radius 3 is 2.41 bits per heavy atom. The summed E-state index contributed by atoms with van der Waals surface area (Å²) in [7, 11) is 0. The fourth-order valence-corrected chi connectivity index (χ4v) is 2.49. The van der Waals surface area contributed by atoms with Crippen molar-refractivity contribution in [1.82, 2.24) is 0 Å². The van der Waals surface area contributed by atoms with Gasteiger partial charge in [-0.2, -0.15) is 0 Å². The molecule has 2 aromatic carbocycles. The van der Waals surface area contributed by atoms with Gasteiger partial charge in [-0.3, -0.25) is 0 Å². The average Bonchev–Trinajstić information content (AvgIpc) is 2.40. The average molecular weight is 225 g/mol. The topological polar surface area (TPSA) is 9.23 Å². The molecule has 1 aliphatic carbocycles. The summed E-state index contributed by atoms with van der Waals surface area (Å²) in [5.41, 5.74) is 0. The Balaban J connectivity index is 1.89. The lowest BCUT2D eigenvalue weighted by Gasteiger charge is -2.22. The van der Waals surface area contributed by atoms with Crippen molar-refractivity contribution in [2.24, 2.45) is 0 Å². The first-order valence-corrected chi connectivity index (χ1v) is 6.44. The number of hydrogen-bond donors (Lipinski definition) is 0. The minimum atomic E-state index is 1.01. The Hall–Kier alpha value is -1.50. The van der Waals surface area contributed by atoms with E-state index in [-0.39, 0.29) is 0 Å². The summed E-state index contributed by atoms with van der Waals surface area (Å²) in [5.74, 6) is 1.01. The molecule has 1 heteroatoms. The highest BCUT2D eigenvalue weighted by Crippen LogP contribution is 2.32. The minimum Gasteiger partial charge on any atom is -0.482 e. The molecule has 17 heavy (non-hydrogen) atoms. The molecule has 0 saturated heterocycles. The van der Waals surface area contributed by atoms with Crippen molar-refractivity contribution in [1.29, 1.82) is 0 Å². The van der Waals surface area contributed by atoms with Crippen LogP contribution in [0.5, 0.6) is 5.75 Å². The normalized spacial score (nSPS) is 17.2. The molecule has 87 valence electrons. The zero-order valence-corrected chi connectivity index (χ0v) is 9.99. The molecule has 0 spiro atoms. The van der Waals surface area contributed by atoms with Crippen molar-refractivity contribution in [2.45, 2.75) is 32.1 Å².